The van der Waals surface area contributed by atoms with Gasteiger partial charge in [0.25, 0.3) is 0 Å². The van der Waals surface area contributed by atoms with Gasteiger partial charge in [-0.1, -0.05) is 90.1 Å². The van der Waals surface area contributed by atoms with Gasteiger partial charge in [-0.05, 0) is 79.2 Å². The lowest BCUT2D eigenvalue weighted by atomic mass is 9.84. The minimum Gasteiger partial charge on any atom is -0.507 e. The number of aromatic hydroxyl groups is 1. The summed E-state index contributed by atoms with van der Waals surface area (Å²) in [4.78, 5) is 0. The van der Waals surface area contributed by atoms with Crippen molar-refractivity contribution < 1.29 is 23.4 Å². The van der Waals surface area contributed by atoms with Crippen LogP contribution >= 0.6 is 0 Å². The first-order chi connectivity index (χ1) is 20.6. The molecule has 3 aromatic rings. The van der Waals surface area contributed by atoms with E-state index in [-0.39, 0.29) is 35.1 Å². The smallest absolute Gasteiger partial charge is 0.209 e. The largest absolute Gasteiger partial charge is 0.507 e. The van der Waals surface area contributed by atoms with Crippen LogP contribution in [-0.4, -0.2) is 35.8 Å². The lowest BCUT2D eigenvalue weighted by Gasteiger charge is -2.26. The molecule has 0 aromatic heterocycles. The van der Waals surface area contributed by atoms with Crippen molar-refractivity contribution in [2.75, 3.05) is 0 Å². The molecule has 3 atom stereocenters. The van der Waals surface area contributed by atoms with E-state index in [9.17, 15) is 5.11 Å². The van der Waals surface area contributed by atoms with E-state index >= 15 is 0 Å². The molecule has 3 unspecified atom stereocenters. The fraction of sp³-hybridized carbons (Fsp3) is 0.514. The van der Waals surface area contributed by atoms with Gasteiger partial charge < -0.3 is 23.4 Å². The lowest BCUT2D eigenvalue weighted by Crippen LogP contribution is -2.27. The molecule has 0 bridgehead atoms. The Morgan fingerprint density at radius 3 is 1.52 bits per heavy atom. The molecule has 0 fully saturated rings. The number of hydrogen-bond donors (Lipinski definition) is 1. The van der Waals surface area contributed by atoms with Crippen molar-refractivity contribution in [1.82, 2.24) is 0 Å². The summed E-state index contributed by atoms with van der Waals surface area (Å²) in [6.45, 7) is 21.9. The Hall–Kier alpha value is -2.59. The van der Waals surface area contributed by atoms with Crippen LogP contribution in [0.3, 0.4) is 0 Å². The van der Waals surface area contributed by atoms with Gasteiger partial charge in [0.15, 0.2) is 12.6 Å². The van der Waals surface area contributed by atoms with Crippen LogP contribution in [0.1, 0.15) is 89.8 Å². The molecule has 3 rings (SSSR count). The first-order valence-electron chi connectivity index (χ1n) is 15.8. The highest BCUT2D eigenvalue weighted by atomic mass is 28.3. The molecule has 0 heterocycles. The minimum absolute atomic E-state index is 0.164. The van der Waals surface area contributed by atoms with Crippen molar-refractivity contribution in [2.45, 2.75) is 112 Å². The van der Waals surface area contributed by atoms with Crippen LogP contribution in [0.5, 0.6) is 17.2 Å². The molecule has 0 aliphatic heterocycles. The third-order valence-electron chi connectivity index (χ3n) is 7.19. The molecule has 0 aliphatic carbocycles. The molecule has 0 aliphatic rings. The maximum atomic E-state index is 11.4. The summed E-state index contributed by atoms with van der Waals surface area (Å²) in [5.74, 6) is 1.42. The third-order valence-corrected chi connectivity index (χ3v) is 8.66. The van der Waals surface area contributed by atoms with Crippen LogP contribution in [0.4, 0.5) is 0 Å². The topological polar surface area (TPSA) is 57.2 Å². The SMILES string of the molecule is C[Si](C)OC(CCC(C)(C)C)Oc1ccc(C(c2ccccc2)c2ccc(OC(CCC(C)(C)C)O[Si](C)C)cc2O)cc1. The Morgan fingerprint density at radius 2 is 1.07 bits per heavy atom. The number of ether oxygens (including phenoxy) is 2. The van der Waals surface area contributed by atoms with Gasteiger partial charge in [-0.25, -0.2) is 0 Å². The number of phenols is 1. The van der Waals surface area contributed by atoms with Gasteiger partial charge in [0.05, 0.1) is 0 Å². The van der Waals surface area contributed by atoms with Gasteiger partial charge in [0.2, 0.25) is 18.1 Å². The standard InChI is InChI=1S/C37H54O5Si2/c1-36(2,3)24-22-33(41-43(7)8)39-29-18-16-28(17-19-29)35(27-14-12-11-13-15-27)31-21-20-30(26-32(31)38)40-34(42-44(9)10)23-25-37(4,5)6/h11-21,26,33-35,38H,22-25H2,1-10H3. The number of benzene rings is 3. The molecular formula is C37H54O5Si2. The molecule has 7 heteroatoms. The van der Waals surface area contributed by atoms with Crippen LogP contribution < -0.4 is 9.47 Å². The van der Waals surface area contributed by atoms with E-state index in [1.807, 2.05) is 42.5 Å². The average molecular weight is 635 g/mol. The van der Waals surface area contributed by atoms with E-state index in [0.717, 1.165) is 48.1 Å². The summed E-state index contributed by atoms with van der Waals surface area (Å²) >= 11 is 0. The number of phenolic OH excluding ortho intramolecular Hbond substituents is 1. The second-order valence-corrected chi connectivity index (χ2v) is 18.6. The molecule has 44 heavy (non-hydrogen) atoms. The first-order valence-corrected chi connectivity index (χ1v) is 20.7. The number of rotatable bonds is 15. The maximum Gasteiger partial charge on any atom is 0.209 e. The van der Waals surface area contributed by atoms with E-state index in [1.54, 1.807) is 6.07 Å². The molecule has 0 saturated carbocycles. The monoisotopic (exact) mass is 634 g/mol. The molecule has 5 nitrogen and oxygen atoms in total. The molecular weight excluding hydrogens is 581 g/mol. The van der Waals surface area contributed by atoms with Gasteiger partial charge in [0.1, 0.15) is 17.2 Å². The molecule has 240 valence electrons. The zero-order valence-corrected chi connectivity index (χ0v) is 30.6. The third kappa shape index (κ3) is 12.4. The summed E-state index contributed by atoms with van der Waals surface area (Å²) in [5, 5.41) is 11.4. The van der Waals surface area contributed by atoms with Crippen LogP contribution in [0, 0.1) is 10.8 Å². The summed E-state index contributed by atoms with van der Waals surface area (Å²) in [6.07, 6.45) is 3.03. The van der Waals surface area contributed by atoms with E-state index in [4.69, 9.17) is 18.3 Å². The Balaban J connectivity index is 1.86. The second kappa shape index (κ2) is 16.1. The van der Waals surface area contributed by atoms with E-state index in [0.29, 0.717) is 5.75 Å². The lowest BCUT2D eigenvalue weighted by molar-refractivity contribution is -0.0100. The van der Waals surface area contributed by atoms with Crippen LogP contribution in [0.15, 0.2) is 72.8 Å². The van der Waals surface area contributed by atoms with Crippen LogP contribution in [0.2, 0.25) is 26.2 Å². The quantitative estimate of drug-likeness (QED) is 0.102. The van der Waals surface area contributed by atoms with Crippen LogP contribution in [-0.2, 0) is 8.85 Å². The summed E-state index contributed by atoms with van der Waals surface area (Å²) < 4.78 is 25.0. The Labute approximate surface area is 270 Å². The van der Waals surface area contributed by atoms with Crippen molar-refractivity contribution in [1.29, 1.82) is 0 Å². The molecule has 0 spiro atoms. The molecule has 1 N–H and O–H groups in total. The highest BCUT2D eigenvalue weighted by Gasteiger charge is 2.24. The number of hydrogen-bond acceptors (Lipinski definition) is 5. The maximum absolute atomic E-state index is 11.4. The molecule has 3 aromatic carbocycles. The predicted molar refractivity (Wildman–Crippen MR) is 185 cm³/mol. The van der Waals surface area contributed by atoms with Crippen molar-refractivity contribution in [3.63, 3.8) is 0 Å². The minimum atomic E-state index is -0.953. The van der Waals surface area contributed by atoms with E-state index < -0.39 is 18.1 Å². The summed E-state index contributed by atoms with van der Waals surface area (Å²) in [7, 11) is -1.87. The summed E-state index contributed by atoms with van der Waals surface area (Å²) in [5.41, 5.74) is 3.37. The van der Waals surface area contributed by atoms with Crippen molar-refractivity contribution in [3.05, 3.63) is 89.5 Å². The Bertz CT molecular complexity index is 1260. The van der Waals surface area contributed by atoms with Crippen molar-refractivity contribution in [3.8, 4) is 17.2 Å². The van der Waals surface area contributed by atoms with Gasteiger partial charge in [-0.3, -0.25) is 0 Å². The first kappa shape index (κ1) is 35.9. The average Bonchev–Trinajstić information content (AvgIpc) is 2.92. The molecule has 2 radical (unpaired) electrons. The van der Waals surface area contributed by atoms with Crippen molar-refractivity contribution >= 4 is 18.1 Å². The molecule has 0 amide bonds. The second-order valence-electron chi connectivity index (χ2n) is 14.5. The predicted octanol–water partition coefficient (Wildman–Crippen LogP) is 10.2. The zero-order chi connectivity index (χ0) is 32.5. The Kier molecular flexibility index (Phi) is 13.1. The van der Waals surface area contributed by atoms with Crippen molar-refractivity contribution in [2.24, 2.45) is 10.8 Å². The highest BCUT2D eigenvalue weighted by molar-refractivity contribution is 6.48. The fourth-order valence-corrected chi connectivity index (χ4v) is 6.38. The highest BCUT2D eigenvalue weighted by Crippen LogP contribution is 2.39. The molecule has 0 saturated heterocycles. The van der Waals surface area contributed by atoms with Gasteiger partial charge in [-0.2, -0.15) is 0 Å². The van der Waals surface area contributed by atoms with Gasteiger partial charge in [-0.15, -0.1) is 0 Å². The normalized spacial score (nSPS) is 14.5. The summed E-state index contributed by atoms with van der Waals surface area (Å²) in [6, 6.07) is 24.1. The zero-order valence-electron chi connectivity index (χ0n) is 28.6. The van der Waals surface area contributed by atoms with Crippen LogP contribution in [0.25, 0.3) is 0 Å². The van der Waals surface area contributed by atoms with E-state index in [2.05, 4.69) is 92.0 Å². The van der Waals surface area contributed by atoms with Gasteiger partial charge >= 0.3 is 0 Å². The fourth-order valence-electron chi connectivity index (χ4n) is 4.99. The van der Waals surface area contributed by atoms with E-state index in [1.165, 1.54) is 0 Å². The Morgan fingerprint density at radius 1 is 0.614 bits per heavy atom. The van der Waals surface area contributed by atoms with Gasteiger partial charge in [0, 0.05) is 30.4 Å².